The molecule has 0 bridgehead atoms. The smallest absolute Gasteiger partial charge is 0.268 e. The Morgan fingerprint density at radius 3 is 2.64 bits per heavy atom. The number of nitrogens with zero attached hydrogens (tertiary/aromatic N) is 2. The van der Waals surface area contributed by atoms with Gasteiger partial charge in [0.05, 0.1) is 6.33 Å². The largest absolute Gasteiger partial charge is 0.364 e. The van der Waals surface area contributed by atoms with Crippen LogP contribution in [0.2, 0.25) is 0 Å². The molecule has 0 unspecified atom stereocenters. The lowest BCUT2D eigenvalue weighted by molar-refractivity contribution is -0.117. The van der Waals surface area contributed by atoms with Crippen molar-refractivity contribution < 1.29 is 9.59 Å². The van der Waals surface area contributed by atoms with Crippen molar-refractivity contribution in [2.45, 2.75) is 19.9 Å². The predicted octanol–water partition coefficient (Wildman–Crippen LogP) is 0.383. The van der Waals surface area contributed by atoms with Gasteiger partial charge in [0.15, 0.2) is 0 Å². The summed E-state index contributed by atoms with van der Waals surface area (Å²) in [5.41, 5.74) is 5.23. The highest BCUT2D eigenvalue weighted by Gasteiger charge is 2.04. The fourth-order valence-electron chi connectivity index (χ4n) is 0.896. The van der Waals surface area contributed by atoms with Crippen molar-refractivity contribution in [1.82, 2.24) is 9.55 Å². The Kier molecular flexibility index (Phi) is 4.86. The first-order valence-electron chi connectivity index (χ1n) is 3.90. The molecule has 5 nitrogen and oxygen atoms in total. The maximum atomic E-state index is 10.6. The minimum absolute atomic E-state index is 0. The number of carbonyl (C=O) groups excluding carboxylic acids is 2. The van der Waals surface area contributed by atoms with Gasteiger partial charge < -0.3 is 10.3 Å². The van der Waals surface area contributed by atoms with Crippen molar-refractivity contribution in [3.05, 3.63) is 18.2 Å². The minimum Gasteiger partial charge on any atom is -0.364 e. The van der Waals surface area contributed by atoms with Crippen LogP contribution in [0.15, 0.2) is 12.5 Å². The first kappa shape index (κ1) is 12.6. The van der Waals surface area contributed by atoms with E-state index in [4.69, 9.17) is 5.73 Å². The Morgan fingerprint density at radius 2 is 2.21 bits per heavy atom. The van der Waals surface area contributed by atoms with Crippen LogP contribution in [-0.4, -0.2) is 21.2 Å². The summed E-state index contributed by atoms with van der Waals surface area (Å²) in [6.07, 6.45) is 3.46. The molecule has 78 valence electrons. The second kappa shape index (κ2) is 5.39. The first-order valence-corrected chi connectivity index (χ1v) is 3.90. The van der Waals surface area contributed by atoms with Crippen molar-refractivity contribution in [1.29, 1.82) is 0 Å². The van der Waals surface area contributed by atoms with Crippen LogP contribution < -0.4 is 5.73 Å². The van der Waals surface area contributed by atoms with Gasteiger partial charge in [-0.15, -0.1) is 12.4 Å². The molecule has 0 atom stereocenters. The Hall–Kier alpha value is -1.36. The maximum Gasteiger partial charge on any atom is 0.268 e. The van der Waals surface area contributed by atoms with Gasteiger partial charge in [-0.05, 0) is 6.92 Å². The molecule has 14 heavy (non-hydrogen) atoms. The maximum absolute atomic E-state index is 10.6. The summed E-state index contributed by atoms with van der Waals surface area (Å²) >= 11 is 0. The van der Waals surface area contributed by atoms with E-state index < -0.39 is 5.91 Å². The highest BCUT2D eigenvalue weighted by molar-refractivity contribution is 5.90. The van der Waals surface area contributed by atoms with Crippen LogP contribution in [0.3, 0.4) is 0 Å². The summed E-state index contributed by atoms with van der Waals surface area (Å²) in [4.78, 5) is 25.0. The van der Waals surface area contributed by atoms with Crippen molar-refractivity contribution in [3.8, 4) is 0 Å². The summed E-state index contributed by atoms with van der Waals surface area (Å²) in [6, 6.07) is 0. The van der Waals surface area contributed by atoms with Gasteiger partial charge in [0.2, 0.25) is 0 Å². The van der Waals surface area contributed by atoms with Gasteiger partial charge in [-0.25, -0.2) is 4.98 Å². The standard InChI is InChI=1S/C8H11N3O2.ClH/c1-6(12)2-3-11-4-7(8(9)13)10-5-11;/h4-5H,2-3H2,1H3,(H2,9,13);1H. The normalized spacial score (nSPS) is 9.21. The minimum atomic E-state index is -0.554. The zero-order valence-electron chi connectivity index (χ0n) is 7.77. The van der Waals surface area contributed by atoms with E-state index in [0.717, 1.165) is 0 Å². The number of primary amides is 1. The number of halogens is 1. The Morgan fingerprint density at radius 1 is 1.57 bits per heavy atom. The topological polar surface area (TPSA) is 78.0 Å². The van der Waals surface area contributed by atoms with Crippen LogP contribution in [0, 0.1) is 0 Å². The molecule has 0 fully saturated rings. The highest BCUT2D eigenvalue weighted by Crippen LogP contribution is 1.96. The van der Waals surface area contributed by atoms with E-state index in [2.05, 4.69) is 4.98 Å². The number of aromatic nitrogens is 2. The molecule has 1 aromatic rings. The molecule has 1 amide bonds. The average Bonchev–Trinajstić information content (AvgIpc) is 2.48. The zero-order valence-corrected chi connectivity index (χ0v) is 8.58. The first-order chi connectivity index (χ1) is 6.09. The second-order valence-electron chi connectivity index (χ2n) is 2.81. The molecule has 0 radical (unpaired) electrons. The molecule has 0 aliphatic heterocycles. The number of amides is 1. The van der Waals surface area contributed by atoms with Gasteiger partial charge in [0.25, 0.3) is 5.91 Å². The SMILES string of the molecule is CC(=O)CCn1cnc(C(N)=O)c1.Cl. The molecule has 0 aliphatic carbocycles. The number of hydrogen-bond donors (Lipinski definition) is 1. The summed E-state index contributed by atoms with van der Waals surface area (Å²) < 4.78 is 1.67. The molecular weight excluding hydrogens is 206 g/mol. The van der Waals surface area contributed by atoms with E-state index in [9.17, 15) is 9.59 Å². The third kappa shape index (κ3) is 3.57. The van der Waals surface area contributed by atoms with E-state index in [-0.39, 0.29) is 23.9 Å². The van der Waals surface area contributed by atoms with Gasteiger partial charge in [0.1, 0.15) is 11.5 Å². The number of rotatable bonds is 4. The van der Waals surface area contributed by atoms with E-state index in [0.29, 0.717) is 13.0 Å². The molecule has 6 heteroatoms. The molecule has 1 rings (SSSR count). The number of imidazole rings is 1. The van der Waals surface area contributed by atoms with Crippen LogP contribution in [0.25, 0.3) is 0 Å². The fourth-order valence-corrected chi connectivity index (χ4v) is 0.896. The van der Waals surface area contributed by atoms with Gasteiger partial charge >= 0.3 is 0 Å². The van der Waals surface area contributed by atoms with Gasteiger partial charge in [0, 0.05) is 19.2 Å². The summed E-state index contributed by atoms with van der Waals surface area (Å²) in [5.74, 6) is -0.448. The van der Waals surface area contributed by atoms with Crippen LogP contribution in [0.5, 0.6) is 0 Å². The van der Waals surface area contributed by atoms with Crippen LogP contribution in [0.4, 0.5) is 0 Å². The molecule has 1 heterocycles. The number of carbonyl (C=O) groups is 2. The number of hydrogen-bond acceptors (Lipinski definition) is 3. The lowest BCUT2D eigenvalue weighted by atomic mass is 10.3. The van der Waals surface area contributed by atoms with Gasteiger partial charge in [-0.3, -0.25) is 9.59 Å². The average molecular weight is 218 g/mol. The molecule has 1 aromatic heterocycles. The van der Waals surface area contributed by atoms with E-state index in [1.54, 1.807) is 4.57 Å². The molecule has 0 saturated carbocycles. The molecule has 2 N–H and O–H groups in total. The number of nitrogens with two attached hydrogens (primary N) is 1. The molecule has 0 saturated heterocycles. The van der Waals surface area contributed by atoms with Crippen molar-refractivity contribution in [3.63, 3.8) is 0 Å². The Bertz CT molecular complexity index is 335. The quantitative estimate of drug-likeness (QED) is 0.792. The number of Topliss-reactive ketones (excluding diaryl/α,β-unsaturated/α-hetero) is 1. The fraction of sp³-hybridized carbons (Fsp3) is 0.375. The summed E-state index contributed by atoms with van der Waals surface area (Å²) in [7, 11) is 0. The third-order valence-corrected chi connectivity index (χ3v) is 1.61. The van der Waals surface area contributed by atoms with Gasteiger partial charge in [-0.2, -0.15) is 0 Å². The van der Waals surface area contributed by atoms with Gasteiger partial charge in [-0.1, -0.05) is 0 Å². The number of ketones is 1. The van der Waals surface area contributed by atoms with Crippen molar-refractivity contribution in [2.75, 3.05) is 0 Å². The third-order valence-electron chi connectivity index (χ3n) is 1.61. The monoisotopic (exact) mass is 217 g/mol. The second-order valence-corrected chi connectivity index (χ2v) is 2.81. The molecular formula is C8H12ClN3O2. The number of aryl methyl sites for hydroxylation is 1. The van der Waals surface area contributed by atoms with E-state index in [1.807, 2.05) is 0 Å². The van der Waals surface area contributed by atoms with Crippen molar-refractivity contribution >= 4 is 24.1 Å². The van der Waals surface area contributed by atoms with E-state index in [1.165, 1.54) is 19.4 Å². The van der Waals surface area contributed by atoms with Crippen LogP contribution in [0.1, 0.15) is 23.8 Å². The Balaban J connectivity index is 0.00000169. The summed E-state index contributed by atoms with van der Waals surface area (Å²) in [5, 5.41) is 0. The molecule has 0 aliphatic rings. The van der Waals surface area contributed by atoms with E-state index >= 15 is 0 Å². The zero-order chi connectivity index (χ0) is 9.84. The molecule has 0 aromatic carbocycles. The highest BCUT2D eigenvalue weighted by atomic mass is 35.5. The van der Waals surface area contributed by atoms with Crippen LogP contribution >= 0.6 is 12.4 Å². The summed E-state index contributed by atoms with van der Waals surface area (Å²) in [6.45, 7) is 2.06. The lowest BCUT2D eigenvalue weighted by Crippen LogP contribution is -2.11. The van der Waals surface area contributed by atoms with Crippen molar-refractivity contribution in [2.24, 2.45) is 5.73 Å². The lowest BCUT2D eigenvalue weighted by Gasteiger charge is -1.96. The molecule has 0 spiro atoms. The predicted molar refractivity (Wildman–Crippen MR) is 53.3 cm³/mol. The van der Waals surface area contributed by atoms with Crippen LogP contribution in [-0.2, 0) is 11.3 Å². The Labute approximate surface area is 87.7 Å².